The van der Waals surface area contributed by atoms with Crippen molar-refractivity contribution in [1.29, 1.82) is 0 Å². The molecule has 1 saturated carbocycles. The Hall–Kier alpha value is -3.02. The number of nitrogens with zero attached hydrogens (tertiary/aromatic N) is 1. The SMILES string of the molecule is CN(CC1CC1)C(=O)Nc1ccc(Oc2cccc(C(N)=O)c2)cc1. The van der Waals surface area contributed by atoms with Gasteiger partial charge in [-0.1, -0.05) is 6.07 Å². The lowest BCUT2D eigenvalue weighted by atomic mass is 10.2. The number of urea groups is 1. The van der Waals surface area contributed by atoms with Crippen molar-refractivity contribution in [2.24, 2.45) is 11.7 Å². The third-order valence-corrected chi connectivity index (χ3v) is 4.04. The van der Waals surface area contributed by atoms with E-state index < -0.39 is 5.91 Å². The van der Waals surface area contributed by atoms with Gasteiger partial charge in [0.15, 0.2) is 0 Å². The van der Waals surface area contributed by atoms with Gasteiger partial charge in [0, 0.05) is 24.8 Å². The maximum Gasteiger partial charge on any atom is 0.321 e. The average Bonchev–Trinajstić information content (AvgIpc) is 3.41. The molecule has 1 aliphatic rings. The van der Waals surface area contributed by atoms with Gasteiger partial charge in [-0.25, -0.2) is 4.79 Å². The lowest BCUT2D eigenvalue weighted by Crippen LogP contribution is -2.32. The molecule has 130 valence electrons. The number of amides is 3. The van der Waals surface area contributed by atoms with Crippen LogP contribution in [0.3, 0.4) is 0 Å². The van der Waals surface area contributed by atoms with Crippen LogP contribution < -0.4 is 15.8 Å². The minimum absolute atomic E-state index is 0.116. The normalized spacial score (nSPS) is 13.2. The number of hydrogen-bond donors (Lipinski definition) is 2. The first kappa shape index (κ1) is 16.8. The zero-order chi connectivity index (χ0) is 17.8. The molecule has 6 heteroatoms. The third-order valence-electron chi connectivity index (χ3n) is 4.04. The smallest absolute Gasteiger partial charge is 0.321 e. The van der Waals surface area contributed by atoms with Crippen LogP contribution in [0.1, 0.15) is 23.2 Å². The lowest BCUT2D eigenvalue weighted by Gasteiger charge is -2.17. The van der Waals surface area contributed by atoms with Crippen LogP contribution in [-0.4, -0.2) is 30.4 Å². The standard InChI is InChI=1S/C19H21N3O3/c1-22(12-13-5-6-13)19(24)21-15-7-9-16(10-8-15)25-17-4-2-3-14(11-17)18(20)23/h2-4,7-11,13H,5-6,12H2,1H3,(H2,20,23)(H,21,24). The number of nitrogens with one attached hydrogen (secondary N) is 1. The van der Waals surface area contributed by atoms with Crippen LogP contribution >= 0.6 is 0 Å². The maximum atomic E-state index is 12.1. The highest BCUT2D eigenvalue weighted by molar-refractivity contribution is 5.93. The lowest BCUT2D eigenvalue weighted by molar-refractivity contribution is 0.1000. The van der Waals surface area contributed by atoms with Crippen molar-refractivity contribution in [3.63, 3.8) is 0 Å². The molecule has 0 unspecified atom stereocenters. The molecule has 3 amide bonds. The molecular weight excluding hydrogens is 318 g/mol. The zero-order valence-electron chi connectivity index (χ0n) is 14.1. The maximum absolute atomic E-state index is 12.1. The Morgan fingerprint density at radius 2 is 1.88 bits per heavy atom. The largest absolute Gasteiger partial charge is 0.457 e. The van der Waals surface area contributed by atoms with Crippen LogP contribution in [0.4, 0.5) is 10.5 Å². The number of ether oxygens (including phenoxy) is 1. The first-order valence-electron chi connectivity index (χ1n) is 8.21. The zero-order valence-corrected chi connectivity index (χ0v) is 14.1. The minimum Gasteiger partial charge on any atom is -0.457 e. The summed E-state index contributed by atoms with van der Waals surface area (Å²) in [4.78, 5) is 25.0. The Morgan fingerprint density at radius 3 is 2.52 bits per heavy atom. The quantitative estimate of drug-likeness (QED) is 0.845. The molecule has 3 N–H and O–H groups in total. The predicted octanol–water partition coefficient (Wildman–Crippen LogP) is 3.45. The number of primary amides is 1. The average molecular weight is 339 g/mol. The van der Waals surface area contributed by atoms with Crippen LogP contribution in [0.15, 0.2) is 48.5 Å². The number of nitrogens with two attached hydrogens (primary N) is 1. The van der Waals surface area contributed by atoms with Gasteiger partial charge < -0.3 is 20.7 Å². The molecule has 0 spiro atoms. The number of benzene rings is 2. The van der Waals surface area contributed by atoms with E-state index >= 15 is 0 Å². The first-order chi connectivity index (χ1) is 12.0. The highest BCUT2D eigenvalue weighted by atomic mass is 16.5. The second-order valence-electron chi connectivity index (χ2n) is 6.27. The molecule has 0 heterocycles. The van der Waals surface area contributed by atoms with Gasteiger partial charge in [0.25, 0.3) is 0 Å². The van der Waals surface area contributed by atoms with Crippen molar-refractivity contribution in [3.8, 4) is 11.5 Å². The predicted molar refractivity (Wildman–Crippen MR) is 95.8 cm³/mol. The van der Waals surface area contributed by atoms with Crippen molar-refractivity contribution in [1.82, 2.24) is 4.90 Å². The Kier molecular flexibility index (Phi) is 4.88. The molecule has 1 aliphatic carbocycles. The molecule has 0 saturated heterocycles. The second-order valence-corrected chi connectivity index (χ2v) is 6.27. The van der Waals surface area contributed by atoms with Crippen LogP contribution in [0.2, 0.25) is 0 Å². The van der Waals surface area contributed by atoms with Gasteiger partial charge in [-0.3, -0.25) is 4.79 Å². The fourth-order valence-electron chi connectivity index (χ4n) is 2.44. The summed E-state index contributed by atoms with van der Waals surface area (Å²) >= 11 is 0. The van der Waals surface area contributed by atoms with E-state index in [1.165, 1.54) is 12.8 Å². The van der Waals surface area contributed by atoms with E-state index in [-0.39, 0.29) is 6.03 Å². The fourth-order valence-corrected chi connectivity index (χ4v) is 2.44. The van der Waals surface area contributed by atoms with E-state index in [1.54, 1.807) is 60.5 Å². The van der Waals surface area contributed by atoms with Crippen LogP contribution in [0.25, 0.3) is 0 Å². The number of carbonyl (C=O) groups is 2. The summed E-state index contributed by atoms with van der Waals surface area (Å²) in [6.45, 7) is 0.795. The molecule has 0 aromatic heterocycles. The highest BCUT2D eigenvalue weighted by Crippen LogP contribution is 2.29. The molecule has 0 atom stereocenters. The summed E-state index contributed by atoms with van der Waals surface area (Å²) in [5.41, 5.74) is 6.35. The summed E-state index contributed by atoms with van der Waals surface area (Å²) in [5, 5.41) is 2.86. The second kappa shape index (κ2) is 7.25. The van der Waals surface area contributed by atoms with Crippen molar-refractivity contribution < 1.29 is 14.3 Å². The van der Waals surface area contributed by atoms with Crippen LogP contribution in [-0.2, 0) is 0 Å². The molecule has 6 nitrogen and oxygen atoms in total. The molecule has 1 fully saturated rings. The monoisotopic (exact) mass is 339 g/mol. The summed E-state index contributed by atoms with van der Waals surface area (Å²) in [6.07, 6.45) is 2.42. The molecule has 25 heavy (non-hydrogen) atoms. The van der Waals surface area contributed by atoms with Crippen molar-refractivity contribution >= 4 is 17.6 Å². The number of carbonyl (C=O) groups excluding carboxylic acids is 2. The van der Waals surface area contributed by atoms with Gasteiger partial charge in [0.1, 0.15) is 11.5 Å². The van der Waals surface area contributed by atoms with Crippen LogP contribution in [0, 0.1) is 5.92 Å². The number of hydrogen-bond acceptors (Lipinski definition) is 3. The molecule has 3 rings (SSSR count). The Morgan fingerprint density at radius 1 is 1.16 bits per heavy atom. The van der Waals surface area contributed by atoms with E-state index in [0.29, 0.717) is 28.7 Å². The van der Waals surface area contributed by atoms with E-state index in [0.717, 1.165) is 6.54 Å². The Bertz CT molecular complexity index is 770. The molecule has 0 bridgehead atoms. The van der Waals surface area contributed by atoms with Gasteiger partial charge in [0.05, 0.1) is 0 Å². The summed E-state index contributed by atoms with van der Waals surface area (Å²) in [7, 11) is 1.80. The van der Waals surface area contributed by atoms with Crippen molar-refractivity contribution in [2.45, 2.75) is 12.8 Å². The summed E-state index contributed by atoms with van der Waals surface area (Å²) < 4.78 is 5.71. The topological polar surface area (TPSA) is 84.7 Å². The summed E-state index contributed by atoms with van der Waals surface area (Å²) in [5.74, 6) is 1.28. The van der Waals surface area contributed by atoms with E-state index in [9.17, 15) is 9.59 Å². The number of rotatable bonds is 6. The van der Waals surface area contributed by atoms with E-state index in [1.807, 2.05) is 0 Å². The Balaban J connectivity index is 1.59. The van der Waals surface area contributed by atoms with Gasteiger partial charge in [-0.2, -0.15) is 0 Å². The van der Waals surface area contributed by atoms with Gasteiger partial charge in [0.2, 0.25) is 5.91 Å². The van der Waals surface area contributed by atoms with Gasteiger partial charge >= 0.3 is 6.03 Å². The summed E-state index contributed by atoms with van der Waals surface area (Å²) in [6, 6.07) is 13.6. The minimum atomic E-state index is -0.501. The molecule has 0 aliphatic heterocycles. The van der Waals surface area contributed by atoms with Crippen molar-refractivity contribution in [3.05, 3.63) is 54.1 Å². The molecule has 2 aromatic carbocycles. The van der Waals surface area contributed by atoms with E-state index in [4.69, 9.17) is 10.5 Å². The molecule has 2 aromatic rings. The van der Waals surface area contributed by atoms with E-state index in [2.05, 4.69) is 5.32 Å². The molecule has 0 radical (unpaired) electrons. The van der Waals surface area contributed by atoms with Crippen molar-refractivity contribution in [2.75, 3.05) is 18.9 Å². The van der Waals surface area contributed by atoms with Gasteiger partial charge in [-0.05, 0) is 61.2 Å². The van der Waals surface area contributed by atoms with Crippen LogP contribution in [0.5, 0.6) is 11.5 Å². The third kappa shape index (κ3) is 4.73. The number of anilines is 1. The Labute approximate surface area is 146 Å². The fraction of sp³-hybridized carbons (Fsp3) is 0.263. The first-order valence-corrected chi connectivity index (χ1v) is 8.21. The molecular formula is C19H21N3O3. The highest BCUT2D eigenvalue weighted by Gasteiger charge is 2.24. The van der Waals surface area contributed by atoms with Gasteiger partial charge in [-0.15, -0.1) is 0 Å².